The number of sulfonamides is 1. The molecule has 5 nitrogen and oxygen atoms in total. The first-order valence-electron chi connectivity index (χ1n) is 6.35. The second-order valence-electron chi connectivity index (χ2n) is 4.91. The van der Waals surface area contributed by atoms with Gasteiger partial charge in [-0.2, -0.15) is 4.31 Å². The third kappa shape index (κ3) is 3.09. The Balaban J connectivity index is 0.00000200. The van der Waals surface area contributed by atoms with Crippen molar-refractivity contribution < 1.29 is 13.2 Å². The van der Waals surface area contributed by atoms with E-state index in [1.165, 1.54) is 11.4 Å². The molecule has 2 rings (SSSR count). The van der Waals surface area contributed by atoms with Crippen LogP contribution in [-0.4, -0.2) is 39.0 Å². The van der Waals surface area contributed by atoms with Crippen LogP contribution in [0.3, 0.4) is 0 Å². The Morgan fingerprint density at radius 3 is 2.60 bits per heavy atom. The number of ether oxygens (including phenoxy) is 1. The highest BCUT2D eigenvalue weighted by molar-refractivity contribution is 7.89. The average molecular weight is 321 g/mol. The largest absolute Gasteiger partial charge is 0.495 e. The first-order chi connectivity index (χ1) is 9.00. The van der Waals surface area contributed by atoms with Crippen LogP contribution in [0, 0.1) is 5.92 Å². The second kappa shape index (κ2) is 6.76. The molecule has 0 aromatic heterocycles. The molecule has 7 heteroatoms. The summed E-state index contributed by atoms with van der Waals surface area (Å²) >= 11 is 0. The van der Waals surface area contributed by atoms with Crippen molar-refractivity contribution in [1.29, 1.82) is 0 Å². The maximum Gasteiger partial charge on any atom is 0.247 e. The molecule has 1 fully saturated rings. The molecule has 1 saturated heterocycles. The number of hydrogen-bond acceptors (Lipinski definition) is 4. The van der Waals surface area contributed by atoms with E-state index in [2.05, 4.69) is 0 Å². The summed E-state index contributed by atoms with van der Waals surface area (Å²) in [6.45, 7) is 2.92. The number of para-hydroxylation sites is 1. The van der Waals surface area contributed by atoms with Gasteiger partial charge in [0, 0.05) is 12.6 Å². The molecule has 0 spiro atoms. The van der Waals surface area contributed by atoms with Crippen molar-refractivity contribution in [1.82, 2.24) is 4.31 Å². The monoisotopic (exact) mass is 320 g/mol. The minimum absolute atomic E-state index is 0. The second-order valence-corrected chi connectivity index (χ2v) is 6.77. The molecule has 1 aliphatic rings. The molecule has 1 aromatic rings. The van der Waals surface area contributed by atoms with Gasteiger partial charge in [-0.25, -0.2) is 8.42 Å². The van der Waals surface area contributed by atoms with Crippen LogP contribution in [0.4, 0.5) is 0 Å². The van der Waals surface area contributed by atoms with E-state index in [1.807, 2.05) is 6.92 Å². The van der Waals surface area contributed by atoms with Gasteiger partial charge in [-0.15, -0.1) is 12.4 Å². The number of benzene rings is 1. The highest BCUT2D eigenvalue weighted by Crippen LogP contribution is 2.32. The molecule has 0 saturated carbocycles. The zero-order valence-corrected chi connectivity index (χ0v) is 13.3. The lowest BCUT2D eigenvalue weighted by Gasteiger charge is -2.22. The lowest BCUT2D eigenvalue weighted by atomic mass is 10.1. The van der Waals surface area contributed by atoms with E-state index < -0.39 is 10.0 Å². The van der Waals surface area contributed by atoms with Crippen LogP contribution >= 0.6 is 12.4 Å². The van der Waals surface area contributed by atoms with Crippen LogP contribution in [0.5, 0.6) is 5.75 Å². The van der Waals surface area contributed by atoms with Crippen molar-refractivity contribution in [2.75, 3.05) is 20.2 Å². The third-order valence-electron chi connectivity index (χ3n) is 3.59. The van der Waals surface area contributed by atoms with Gasteiger partial charge in [0.25, 0.3) is 0 Å². The maximum absolute atomic E-state index is 12.7. The van der Waals surface area contributed by atoms with Gasteiger partial charge in [0.15, 0.2) is 0 Å². The van der Waals surface area contributed by atoms with E-state index in [1.54, 1.807) is 24.3 Å². The molecule has 1 aromatic carbocycles. The summed E-state index contributed by atoms with van der Waals surface area (Å²) in [7, 11) is -2.04. The lowest BCUT2D eigenvalue weighted by molar-refractivity contribution is 0.385. The zero-order chi connectivity index (χ0) is 14.0. The van der Waals surface area contributed by atoms with E-state index in [-0.39, 0.29) is 29.3 Å². The minimum atomic E-state index is -3.52. The number of methoxy groups -OCH3 is 1. The van der Waals surface area contributed by atoms with Crippen LogP contribution in [-0.2, 0) is 10.0 Å². The Kier molecular flexibility index (Phi) is 5.82. The van der Waals surface area contributed by atoms with Gasteiger partial charge < -0.3 is 10.5 Å². The van der Waals surface area contributed by atoms with E-state index >= 15 is 0 Å². The van der Waals surface area contributed by atoms with Crippen LogP contribution in [0.1, 0.15) is 13.3 Å². The minimum Gasteiger partial charge on any atom is -0.495 e. The predicted molar refractivity (Wildman–Crippen MR) is 80.8 cm³/mol. The fourth-order valence-corrected chi connectivity index (χ4v) is 4.45. The summed E-state index contributed by atoms with van der Waals surface area (Å²) in [5.41, 5.74) is 5.65. The molecule has 0 amide bonds. The van der Waals surface area contributed by atoms with Gasteiger partial charge in [-0.1, -0.05) is 12.1 Å². The number of hydrogen-bond donors (Lipinski definition) is 1. The first kappa shape index (κ1) is 17.2. The topological polar surface area (TPSA) is 72.6 Å². The van der Waals surface area contributed by atoms with Gasteiger partial charge in [0.05, 0.1) is 7.11 Å². The molecule has 2 atom stereocenters. The molecule has 1 heterocycles. The van der Waals surface area contributed by atoms with Gasteiger partial charge in [0.2, 0.25) is 10.0 Å². The Morgan fingerprint density at radius 1 is 1.40 bits per heavy atom. The molecule has 0 aliphatic carbocycles. The van der Waals surface area contributed by atoms with Gasteiger partial charge >= 0.3 is 0 Å². The smallest absolute Gasteiger partial charge is 0.247 e. The molecule has 2 unspecified atom stereocenters. The van der Waals surface area contributed by atoms with Crippen molar-refractivity contribution >= 4 is 22.4 Å². The molecule has 0 radical (unpaired) electrons. The summed E-state index contributed by atoms with van der Waals surface area (Å²) in [6.07, 6.45) is 0.810. The van der Waals surface area contributed by atoms with Crippen molar-refractivity contribution in [3.05, 3.63) is 24.3 Å². The third-order valence-corrected chi connectivity index (χ3v) is 5.61. The normalized spacial score (nSPS) is 23.4. The summed E-state index contributed by atoms with van der Waals surface area (Å²) in [5.74, 6) is 0.616. The van der Waals surface area contributed by atoms with E-state index in [9.17, 15) is 8.42 Å². The van der Waals surface area contributed by atoms with Crippen LogP contribution in [0.25, 0.3) is 0 Å². The van der Waals surface area contributed by atoms with Crippen molar-refractivity contribution in [3.8, 4) is 5.75 Å². The van der Waals surface area contributed by atoms with Gasteiger partial charge in [-0.05, 0) is 37.9 Å². The molecule has 2 N–H and O–H groups in total. The predicted octanol–water partition coefficient (Wildman–Crippen LogP) is 1.47. The fourth-order valence-electron chi connectivity index (χ4n) is 2.57. The van der Waals surface area contributed by atoms with E-state index in [4.69, 9.17) is 10.5 Å². The highest BCUT2D eigenvalue weighted by Gasteiger charge is 2.38. The molecule has 20 heavy (non-hydrogen) atoms. The SMILES string of the molecule is COc1ccccc1S(=O)(=O)N1CC(CN)CC1C.Cl. The fraction of sp³-hybridized carbons (Fsp3) is 0.538. The van der Waals surface area contributed by atoms with Gasteiger partial charge in [0.1, 0.15) is 10.6 Å². The molecular formula is C13H21ClN2O3S. The van der Waals surface area contributed by atoms with Gasteiger partial charge in [-0.3, -0.25) is 0 Å². The van der Waals surface area contributed by atoms with Crippen LogP contribution in [0.2, 0.25) is 0 Å². The van der Waals surface area contributed by atoms with Crippen molar-refractivity contribution in [2.24, 2.45) is 11.7 Å². The van der Waals surface area contributed by atoms with Crippen molar-refractivity contribution in [3.63, 3.8) is 0 Å². The van der Waals surface area contributed by atoms with Crippen LogP contribution < -0.4 is 10.5 Å². The molecule has 0 bridgehead atoms. The van der Waals surface area contributed by atoms with Crippen LogP contribution in [0.15, 0.2) is 29.2 Å². The van der Waals surface area contributed by atoms with E-state index in [0.29, 0.717) is 18.8 Å². The number of nitrogens with zero attached hydrogens (tertiary/aromatic N) is 1. The Bertz CT molecular complexity index is 550. The molecular weight excluding hydrogens is 300 g/mol. The quantitative estimate of drug-likeness (QED) is 0.912. The molecule has 114 valence electrons. The summed E-state index contributed by atoms with van der Waals surface area (Å²) in [4.78, 5) is 0.224. The number of halogens is 1. The summed E-state index contributed by atoms with van der Waals surface area (Å²) < 4.78 is 32.1. The summed E-state index contributed by atoms with van der Waals surface area (Å²) in [5, 5.41) is 0. The Morgan fingerprint density at radius 2 is 2.05 bits per heavy atom. The Hall–Kier alpha value is -0.820. The number of nitrogens with two attached hydrogens (primary N) is 1. The zero-order valence-electron chi connectivity index (χ0n) is 11.7. The number of rotatable bonds is 4. The first-order valence-corrected chi connectivity index (χ1v) is 7.79. The molecule has 1 aliphatic heterocycles. The average Bonchev–Trinajstić information content (AvgIpc) is 2.80. The summed E-state index contributed by atoms with van der Waals surface area (Å²) in [6, 6.07) is 6.68. The maximum atomic E-state index is 12.7. The standard InChI is InChI=1S/C13H20N2O3S.ClH/c1-10-7-11(8-14)9-15(10)19(16,17)13-6-4-3-5-12(13)18-2;/h3-6,10-11H,7-9,14H2,1-2H3;1H. The lowest BCUT2D eigenvalue weighted by Crippen LogP contribution is -2.34. The highest BCUT2D eigenvalue weighted by atomic mass is 35.5. The Labute approximate surface area is 126 Å². The van der Waals surface area contributed by atoms with Crippen molar-refractivity contribution in [2.45, 2.75) is 24.3 Å². The van der Waals surface area contributed by atoms with E-state index in [0.717, 1.165) is 6.42 Å².